The van der Waals surface area contributed by atoms with Gasteiger partial charge in [0.2, 0.25) is 0 Å². The van der Waals surface area contributed by atoms with Gasteiger partial charge in [-0.2, -0.15) is 0 Å². The van der Waals surface area contributed by atoms with E-state index in [1.165, 1.54) is 24.0 Å². The van der Waals surface area contributed by atoms with Crippen LogP contribution in [0.3, 0.4) is 0 Å². The molecule has 0 heterocycles. The molecule has 1 aromatic carbocycles. The minimum atomic E-state index is 0.444. The molecule has 0 aliphatic heterocycles. The largest absolute Gasteiger partial charge is 0.312 e. The highest BCUT2D eigenvalue weighted by Gasteiger charge is 2.33. The zero-order valence-corrected chi connectivity index (χ0v) is 14.3. The molecule has 1 aliphatic carbocycles. The maximum absolute atomic E-state index is 3.58. The van der Waals surface area contributed by atoms with E-state index in [1.54, 1.807) is 0 Å². The van der Waals surface area contributed by atoms with Crippen LogP contribution in [0.4, 0.5) is 0 Å². The maximum atomic E-state index is 3.58. The molecule has 3 unspecified atom stereocenters. The Morgan fingerprint density at radius 2 is 2.00 bits per heavy atom. The SMILES string of the molecule is CCN(C(C)CN(C)C)C1CCc2ccccc2C1NC. The zero-order valence-electron chi connectivity index (χ0n) is 14.3. The topological polar surface area (TPSA) is 18.5 Å². The highest BCUT2D eigenvalue weighted by molar-refractivity contribution is 5.34. The number of likely N-dealkylation sites (N-methyl/N-ethyl adjacent to an activating group) is 3. The molecule has 0 fully saturated rings. The lowest BCUT2D eigenvalue weighted by Crippen LogP contribution is -2.52. The average Bonchev–Trinajstić information content (AvgIpc) is 2.46. The summed E-state index contributed by atoms with van der Waals surface area (Å²) in [5.41, 5.74) is 3.01. The molecule has 1 N–H and O–H groups in total. The van der Waals surface area contributed by atoms with Gasteiger partial charge < -0.3 is 10.2 Å². The maximum Gasteiger partial charge on any atom is 0.0478 e. The zero-order chi connectivity index (χ0) is 15.4. The third-order valence-corrected chi connectivity index (χ3v) is 4.78. The summed E-state index contributed by atoms with van der Waals surface area (Å²) in [6, 6.07) is 10.5. The Labute approximate surface area is 130 Å². The minimum Gasteiger partial charge on any atom is -0.312 e. The molecular weight excluding hydrogens is 258 g/mol. The van der Waals surface area contributed by atoms with Crippen LogP contribution in [0.1, 0.15) is 37.4 Å². The molecule has 2 rings (SSSR count). The lowest BCUT2D eigenvalue weighted by Gasteiger charge is -2.44. The first-order valence-electron chi connectivity index (χ1n) is 8.24. The Morgan fingerprint density at radius 1 is 1.29 bits per heavy atom. The third kappa shape index (κ3) is 3.65. The van der Waals surface area contributed by atoms with Crippen molar-refractivity contribution in [3.63, 3.8) is 0 Å². The summed E-state index contributed by atoms with van der Waals surface area (Å²) in [7, 11) is 6.43. The van der Waals surface area contributed by atoms with Crippen LogP contribution in [-0.2, 0) is 6.42 Å². The van der Waals surface area contributed by atoms with Crippen molar-refractivity contribution in [2.45, 2.75) is 44.8 Å². The first kappa shape index (κ1) is 16.5. The predicted octanol–water partition coefficient (Wildman–Crippen LogP) is 2.53. The van der Waals surface area contributed by atoms with E-state index in [2.05, 4.69) is 74.4 Å². The molecule has 3 atom stereocenters. The molecule has 0 bridgehead atoms. The number of benzene rings is 1. The van der Waals surface area contributed by atoms with Gasteiger partial charge in [0.15, 0.2) is 0 Å². The van der Waals surface area contributed by atoms with Gasteiger partial charge in [-0.3, -0.25) is 4.90 Å². The molecular formula is C18H31N3. The molecule has 3 heteroatoms. The summed E-state index contributed by atoms with van der Waals surface area (Å²) < 4.78 is 0. The van der Waals surface area contributed by atoms with Gasteiger partial charge >= 0.3 is 0 Å². The summed E-state index contributed by atoms with van der Waals surface area (Å²) in [6.07, 6.45) is 2.44. The molecule has 0 radical (unpaired) electrons. The second-order valence-electron chi connectivity index (χ2n) is 6.51. The number of nitrogens with one attached hydrogen (secondary N) is 1. The summed E-state index contributed by atoms with van der Waals surface area (Å²) >= 11 is 0. The van der Waals surface area contributed by atoms with Gasteiger partial charge in [0.25, 0.3) is 0 Å². The van der Waals surface area contributed by atoms with Gasteiger partial charge in [-0.25, -0.2) is 0 Å². The first-order valence-corrected chi connectivity index (χ1v) is 8.24. The van der Waals surface area contributed by atoms with Crippen molar-refractivity contribution in [3.05, 3.63) is 35.4 Å². The number of hydrogen-bond donors (Lipinski definition) is 1. The van der Waals surface area contributed by atoms with E-state index in [0.29, 0.717) is 18.1 Å². The predicted molar refractivity (Wildman–Crippen MR) is 90.7 cm³/mol. The standard InChI is InChI=1S/C18H31N3/c1-6-21(14(2)13-20(4)5)17-12-11-15-9-7-8-10-16(15)18(17)19-3/h7-10,14,17-19H,6,11-13H2,1-5H3. The van der Waals surface area contributed by atoms with Gasteiger partial charge in [-0.05, 0) is 58.6 Å². The van der Waals surface area contributed by atoms with Gasteiger partial charge in [0, 0.05) is 24.7 Å². The van der Waals surface area contributed by atoms with E-state index >= 15 is 0 Å². The van der Waals surface area contributed by atoms with E-state index in [0.717, 1.165) is 13.1 Å². The molecule has 118 valence electrons. The van der Waals surface area contributed by atoms with E-state index in [1.807, 2.05) is 0 Å². The van der Waals surface area contributed by atoms with Gasteiger partial charge in [-0.15, -0.1) is 0 Å². The van der Waals surface area contributed by atoms with Crippen LogP contribution in [0.15, 0.2) is 24.3 Å². The van der Waals surface area contributed by atoms with Crippen molar-refractivity contribution in [1.82, 2.24) is 15.1 Å². The third-order valence-electron chi connectivity index (χ3n) is 4.78. The molecule has 0 spiro atoms. The molecule has 0 amide bonds. The molecule has 1 aromatic rings. The van der Waals surface area contributed by atoms with Crippen molar-refractivity contribution >= 4 is 0 Å². The van der Waals surface area contributed by atoms with Gasteiger partial charge in [0.05, 0.1) is 0 Å². The number of hydrogen-bond acceptors (Lipinski definition) is 3. The Morgan fingerprint density at radius 3 is 2.62 bits per heavy atom. The summed E-state index contributed by atoms with van der Waals surface area (Å²) in [4.78, 5) is 4.97. The van der Waals surface area contributed by atoms with E-state index < -0.39 is 0 Å². The Balaban J connectivity index is 2.22. The number of rotatable bonds is 6. The van der Waals surface area contributed by atoms with Crippen molar-refractivity contribution < 1.29 is 0 Å². The number of nitrogens with zero attached hydrogens (tertiary/aromatic N) is 2. The molecule has 1 aliphatic rings. The van der Waals surface area contributed by atoms with Crippen LogP contribution >= 0.6 is 0 Å². The van der Waals surface area contributed by atoms with Gasteiger partial charge in [-0.1, -0.05) is 31.2 Å². The molecule has 0 saturated carbocycles. The molecule has 21 heavy (non-hydrogen) atoms. The fourth-order valence-electron chi connectivity index (χ4n) is 3.95. The number of aryl methyl sites for hydroxylation is 1. The monoisotopic (exact) mass is 289 g/mol. The van der Waals surface area contributed by atoms with Crippen molar-refractivity contribution in [1.29, 1.82) is 0 Å². The molecule has 0 saturated heterocycles. The van der Waals surface area contributed by atoms with Crippen molar-refractivity contribution in [3.8, 4) is 0 Å². The lowest BCUT2D eigenvalue weighted by molar-refractivity contribution is 0.0921. The van der Waals surface area contributed by atoms with Crippen molar-refractivity contribution in [2.24, 2.45) is 0 Å². The van der Waals surface area contributed by atoms with Crippen LogP contribution in [0.5, 0.6) is 0 Å². The van der Waals surface area contributed by atoms with Crippen LogP contribution in [0.25, 0.3) is 0 Å². The molecule has 0 aromatic heterocycles. The highest BCUT2D eigenvalue weighted by atomic mass is 15.2. The van der Waals surface area contributed by atoms with Crippen LogP contribution in [0.2, 0.25) is 0 Å². The van der Waals surface area contributed by atoms with Crippen molar-refractivity contribution in [2.75, 3.05) is 34.2 Å². The second kappa shape index (κ2) is 7.39. The normalized spacial score (nSPS) is 23.4. The minimum absolute atomic E-state index is 0.444. The highest BCUT2D eigenvalue weighted by Crippen LogP contribution is 2.33. The van der Waals surface area contributed by atoms with Gasteiger partial charge in [0.1, 0.15) is 0 Å². The van der Waals surface area contributed by atoms with E-state index in [4.69, 9.17) is 0 Å². The molecule has 3 nitrogen and oxygen atoms in total. The Bertz CT molecular complexity index is 444. The summed E-state index contributed by atoms with van der Waals surface area (Å²) in [5, 5.41) is 3.58. The summed E-state index contributed by atoms with van der Waals surface area (Å²) in [6.45, 7) is 6.87. The van der Waals surface area contributed by atoms with E-state index in [9.17, 15) is 0 Å². The summed E-state index contributed by atoms with van der Waals surface area (Å²) in [5.74, 6) is 0. The van der Waals surface area contributed by atoms with Crippen LogP contribution in [0, 0.1) is 0 Å². The van der Waals surface area contributed by atoms with Crippen LogP contribution in [-0.4, -0.2) is 56.1 Å². The fraction of sp³-hybridized carbons (Fsp3) is 0.667. The Hall–Kier alpha value is -0.900. The number of fused-ring (bicyclic) bond motifs is 1. The Kier molecular flexibility index (Phi) is 5.80. The quantitative estimate of drug-likeness (QED) is 0.868. The smallest absolute Gasteiger partial charge is 0.0478 e. The van der Waals surface area contributed by atoms with E-state index in [-0.39, 0.29) is 0 Å². The van der Waals surface area contributed by atoms with Crippen LogP contribution < -0.4 is 5.32 Å². The first-order chi connectivity index (χ1) is 10.1. The second-order valence-corrected chi connectivity index (χ2v) is 6.51. The lowest BCUT2D eigenvalue weighted by atomic mass is 9.82. The average molecular weight is 289 g/mol. The fourth-order valence-corrected chi connectivity index (χ4v) is 3.95.